The number of aromatic amines is 1. The molecule has 0 bridgehead atoms. The number of primary amides is 1. The van der Waals surface area contributed by atoms with Gasteiger partial charge in [0.1, 0.15) is 11.8 Å². The average Bonchev–Trinajstić information content (AvgIpc) is 3.90. The number of aliphatic hydroxyl groups excluding tert-OH is 1. The predicted molar refractivity (Wildman–Crippen MR) is 300 cm³/mol. The Kier molecular flexibility index (Phi) is 30.5. The van der Waals surface area contributed by atoms with Gasteiger partial charge in [-0.15, -0.1) is 0 Å². The second kappa shape index (κ2) is 35.7. The van der Waals surface area contributed by atoms with Crippen molar-refractivity contribution in [2.45, 2.75) is 149 Å². The molecular formula is C53H88N16O10. The maximum atomic E-state index is 14.7. The van der Waals surface area contributed by atoms with Crippen LogP contribution in [0.5, 0.6) is 5.75 Å². The molecule has 0 radical (unpaired) electrons. The van der Waals surface area contributed by atoms with E-state index < -0.39 is 114 Å². The first-order valence-corrected chi connectivity index (χ1v) is 26.9. The highest BCUT2D eigenvalue weighted by atomic mass is 16.3. The number of ketones is 3. The van der Waals surface area contributed by atoms with Crippen LogP contribution in [0, 0.1) is 35.5 Å². The van der Waals surface area contributed by atoms with Crippen molar-refractivity contribution >= 4 is 64.8 Å². The molecule has 2 rings (SSSR count). The molecular weight excluding hydrogens is 1020 g/mol. The molecule has 0 unspecified atom stereocenters. The van der Waals surface area contributed by atoms with Crippen molar-refractivity contribution in [3.63, 3.8) is 0 Å². The van der Waals surface area contributed by atoms with Crippen molar-refractivity contribution in [3.05, 3.63) is 48.0 Å². The Balaban J connectivity index is 2.56. The summed E-state index contributed by atoms with van der Waals surface area (Å²) in [4.78, 5) is 131. The number of imidazole rings is 1. The zero-order chi connectivity index (χ0) is 59.2. The summed E-state index contributed by atoms with van der Waals surface area (Å²) in [5.41, 5.74) is 40.1. The van der Waals surface area contributed by atoms with Crippen LogP contribution < -0.4 is 61.4 Å². The van der Waals surface area contributed by atoms with Crippen LogP contribution in [0.1, 0.15) is 123 Å². The van der Waals surface area contributed by atoms with Crippen LogP contribution in [0.25, 0.3) is 0 Å². The minimum atomic E-state index is -1.38. The van der Waals surface area contributed by atoms with Crippen LogP contribution in [-0.4, -0.2) is 135 Å². The quantitative estimate of drug-likeness (QED) is 0.0223. The van der Waals surface area contributed by atoms with Crippen molar-refractivity contribution in [3.8, 4) is 5.75 Å². The number of Topliss-reactive ketones (excluding diaryl/α,β-unsaturated/α-hetero) is 3. The van der Waals surface area contributed by atoms with Crippen molar-refractivity contribution in [2.24, 2.45) is 90.6 Å². The number of rotatable bonds is 40. The maximum absolute atomic E-state index is 14.7. The maximum Gasteiger partial charge on any atom is 0.242 e. The number of carbonyl (C=O) groups excluding carboxylic acids is 8. The van der Waals surface area contributed by atoms with Crippen LogP contribution in [-0.2, 0) is 51.2 Å². The first-order chi connectivity index (χ1) is 37.3. The molecule has 1 heterocycles. The summed E-state index contributed by atoms with van der Waals surface area (Å²) in [5, 5.41) is 30.5. The lowest BCUT2D eigenvalue weighted by Crippen LogP contribution is -2.50. The Labute approximate surface area is 462 Å². The number of carbonyl (C=O) groups is 8. The van der Waals surface area contributed by atoms with E-state index in [2.05, 4.69) is 46.2 Å². The molecule has 0 spiro atoms. The van der Waals surface area contributed by atoms with E-state index in [1.165, 1.54) is 24.7 Å². The number of H-pyrrole nitrogens is 1. The number of nitrogens with zero attached hydrogens (tertiary/aromatic N) is 4. The molecule has 0 saturated carbocycles. The monoisotopic (exact) mass is 1110 g/mol. The second-order valence-electron chi connectivity index (χ2n) is 20.8. The number of phenolic OH excluding ortho intramolecular Hbond substituents is 1. The van der Waals surface area contributed by atoms with Crippen LogP contribution in [0.3, 0.4) is 0 Å². The zero-order valence-electron chi connectivity index (χ0n) is 46.5. The molecule has 26 heteroatoms. The number of benzene rings is 1. The molecule has 79 heavy (non-hydrogen) atoms. The van der Waals surface area contributed by atoms with E-state index in [-0.39, 0.29) is 113 Å². The molecule has 2 aromatic rings. The number of nitrogens with one attached hydrogen (secondary N) is 5. The first-order valence-electron chi connectivity index (χ1n) is 26.9. The average molecular weight is 1110 g/mol. The molecule has 0 aliphatic rings. The molecule has 0 fully saturated rings. The normalized spacial score (nSPS) is 14.2. The van der Waals surface area contributed by atoms with Gasteiger partial charge in [0.25, 0.3) is 0 Å². The van der Waals surface area contributed by atoms with Gasteiger partial charge in [-0.05, 0) is 93.7 Å². The van der Waals surface area contributed by atoms with E-state index in [1.54, 1.807) is 12.1 Å². The Morgan fingerprint density at radius 3 is 1.44 bits per heavy atom. The molecule has 0 saturated heterocycles. The number of guanidine groups is 3. The van der Waals surface area contributed by atoms with E-state index in [9.17, 15) is 48.6 Å². The van der Waals surface area contributed by atoms with Crippen LogP contribution in [0.4, 0.5) is 0 Å². The van der Waals surface area contributed by atoms with Crippen LogP contribution in [0.2, 0.25) is 0 Å². The molecule has 8 atom stereocenters. The highest BCUT2D eigenvalue weighted by Crippen LogP contribution is 2.23. The number of aliphatic imine (C=N–C) groups is 3. The number of hydrogen-bond acceptors (Lipinski definition) is 14. The van der Waals surface area contributed by atoms with Gasteiger partial charge in [-0.2, -0.15) is 0 Å². The van der Waals surface area contributed by atoms with Crippen molar-refractivity contribution in [1.29, 1.82) is 0 Å². The molecule has 5 amide bonds. The van der Waals surface area contributed by atoms with Gasteiger partial charge in [0.2, 0.25) is 29.5 Å². The van der Waals surface area contributed by atoms with Gasteiger partial charge in [-0.25, -0.2) is 4.98 Å². The van der Waals surface area contributed by atoms with E-state index in [0.29, 0.717) is 25.0 Å². The van der Waals surface area contributed by atoms with Gasteiger partial charge in [-0.3, -0.25) is 53.3 Å². The van der Waals surface area contributed by atoms with E-state index in [1.807, 2.05) is 34.6 Å². The third kappa shape index (κ3) is 27.0. The summed E-state index contributed by atoms with van der Waals surface area (Å²) in [6.45, 7) is 8.79. The molecule has 1 aromatic carbocycles. The van der Waals surface area contributed by atoms with Gasteiger partial charge in [0.15, 0.2) is 35.2 Å². The van der Waals surface area contributed by atoms with E-state index in [0.717, 1.165) is 5.56 Å². The molecule has 0 aliphatic heterocycles. The summed E-state index contributed by atoms with van der Waals surface area (Å²) < 4.78 is 0. The molecule has 26 nitrogen and oxygen atoms in total. The second-order valence-corrected chi connectivity index (χ2v) is 20.8. The Hall–Kier alpha value is -7.64. The SMILES string of the molecule is CC[C@@H](Cc1ccc(O)cc1)C(=O)N[C@@H](CCCN=C(N)N)C(=O)C[C@@H](Cc1cnc[nH]1)C(=O)N[C@@H](CCCN=C(N)N)C(=O)C[C@@H](CCCN=C(N)N)C(=O)N[C@@H](CC(C)C)C(=O)C[C@@H](CC(C)C)C(=O)N[C@@H](CO)C(N)=O. The van der Waals surface area contributed by atoms with Gasteiger partial charge >= 0.3 is 0 Å². The van der Waals surface area contributed by atoms with Gasteiger partial charge in [0, 0.05) is 75.0 Å². The van der Waals surface area contributed by atoms with Gasteiger partial charge in [0.05, 0.1) is 37.0 Å². The fraction of sp³-hybridized carbons (Fsp3) is 0.623. The predicted octanol–water partition coefficient (Wildman–Crippen LogP) is -0.677. The summed E-state index contributed by atoms with van der Waals surface area (Å²) in [5.74, 6) is -9.29. The van der Waals surface area contributed by atoms with Crippen molar-refractivity contribution < 1.29 is 48.6 Å². The summed E-state index contributed by atoms with van der Waals surface area (Å²) >= 11 is 0. The smallest absolute Gasteiger partial charge is 0.242 e. The Morgan fingerprint density at radius 1 is 0.557 bits per heavy atom. The highest BCUT2D eigenvalue weighted by Gasteiger charge is 2.35. The standard InChI is InChI=1S/C53H88N16O10/c1-6-33(22-32-13-15-38(71)16-14-32)47(76)66-40(12-9-19-64-53(59)60)44(73)26-36(23-37-27-61-29-65-37)50(79)67-39(11-8-18-63-52(57)58)43(72)24-34(10-7-17-62-51(55)56)48(77)68-41(21-31(4)5)45(74)25-35(20-30(2)3)49(78)69-42(28-70)46(54)75/h13-16,27,29-31,33-36,39-42,70-71H,6-12,17-26,28H2,1-5H3,(H2,54,75)(H,61,65)(H,66,76)(H,67,79)(H,68,77)(H,69,78)(H4,55,56,62)(H4,57,58,63)(H4,59,60,64)/t33-,34+,35+,36+,39-,40-,41-,42-/m0/s1. The van der Waals surface area contributed by atoms with Crippen molar-refractivity contribution in [2.75, 3.05) is 26.2 Å². The van der Waals surface area contributed by atoms with E-state index >= 15 is 0 Å². The summed E-state index contributed by atoms with van der Waals surface area (Å²) in [6.07, 6.45) is 3.73. The molecule has 21 N–H and O–H groups in total. The number of aromatic nitrogens is 2. The van der Waals surface area contributed by atoms with Crippen LogP contribution >= 0.6 is 0 Å². The summed E-state index contributed by atoms with van der Waals surface area (Å²) in [6, 6.07) is 1.64. The lowest BCUT2D eigenvalue weighted by Gasteiger charge is -2.27. The topological polar surface area (TPSA) is 473 Å². The number of nitrogens with two attached hydrogens (primary N) is 7. The number of amides is 5. The number of aromatic hydroxyl groups is 1. The molecule has 1 aromatic heterocycles. The fourth-order valence-corrected chi connectivity index (χ4v) is 8.88. The third-order valence-corrected chi connectivity index (χ3v) is 13.1. The first kappa shape index (κ1) is 67.5. The molecule has 0 aliphatic carbocycles. The summed E-state index contributed by atoms with van der Waals surface area (Å²) in [7, 11) is 0. The Morgan fingerprint density at radius 2 is 0.987 bits per heavy atom. The third-order valence-electron chi connectivity index (χ3n) is 13.1. The largest absolute Gasteiger partial charge is 0.508 e. The fourth-order valence-electron chi connectivity index (χ4n) is 8.88. The van der Waals surface area contributed by atoms with Gasteiger partial charge in [-0.1, -0.05) is 46.8 Å². The number of phenols is 1. The number of aliphatic hydroxyl groups is 1. The zero-order valence-corrected chi connectivity index (χ0v) is 46.5. The minimum Gasteiger partial charge on any atom is -0.508 e. The van der Waals surface area contributed by atoms with Gasteiger partial charge < -0.3 is 76.6 Å². The Bertz CT molecular complexity index is 2350. The van der Waals surface area contributed by atoms with Crippen LogP contribution in [0.15, 0.2) is 51.8 Å². The minimum absolute atomic E-state index is 0.00200. The van der Waals surface area contributed by atoms with Crippen molar-refractivity contribution in [1.82, 2.24) is 31.2 Å². The lowest BCUT2D eigenvalue weighted by atomic mass is 9.87. The molecule has 440 valence electrons. The van der Waals surface area contributed by atoms with E-state index in [4.69, 9.17) is 40.1 Å². The highest BCUT2D eigenvalue weighted by molar-refractivity contribution is 5.97. The lowest BCUT2D eigenvalue weighted by molar-refractivity contribution is -0.136. The number of hydrogen-bond donors (Lipinski definition) is 14.